The summed E-state index contributed by atoms with van der Waals surface area (Å²) in [7, 11) is 0. The smallest absolute Gasteiger partial charge is 0.308 e. The Morgan fingerprint density at radius 2 is 2.05 bits per heavy atom. The molecule has 0 bridgehead atoms. The van der Waals surface area contributed by atoms with Crippen molar-refractivity contribution in [3.8, 4) is 0 Å². The topological polar surface area (TPSA) is 38.8 Å². The SMILES string of the molecule is CC(CCC(C)(C)C)C(=O)OCC1CCC2OC2C1. The Bertz CT molecular complexity index is 318. The predicted molar refractivity (Wildman–Crippen MR) is 74.8 cm³/mol. The maximum absolute atomic E-state index is 11.9. The van der Waals surface area contributed by atoms with E-state index in [4.69, 9.17) is 9.47 Å². The van der Waals surface area contributed by atoms with Gasteiger partial charge in [-0.1, -0.05) is 27.7 Å². The van der Waals surface area contributed by atoms with Crippen LogP contribution in [0.1, 0.15) is 59.8 Å². The van der Waals surface area contributed by atoms with Crippen LogP contribution in [0.4, 0.5) is 0 Å². The van der Waals surface area contributed by atoms with E-state index in [0.717, 1.165) is 32.1 Å². The van der Waals surface area contributed by atoms with Gasteiger partial charge in [-0.05, 0) is 43.4 Å². The molecule has 0 aromatic heterocycles. The van der Waals surface area contributed by atoms with Gasteiger partial charge in [0.15, 0.2) is 0 Å². The number of carbonyl (C=O) groups excluding carboxylic acids is 1. The summed E-state index contributed by atoms with van der Waals surface area (Å²) in [5.41, 5.74) is 0.288. The number of epoxide rings is 1. The van der Waals surface area contributed by atoms with Crippen LogP contribution >= 0.6 is 0 Å². The number of rotatable bonds is 5. The highest BCUT2D eigenvalue weighted by Gasteiger charge is 2.44. The van der Waals surface area contributed by atoms with Crippen LogP contribution in [0.5, 0.6) is 0 Å². The van der Waals surface area contributed by atoms with Crippen LogP contribution < -0.4 is 0 Å². The summed E-state index contributed by atoms with van der Waals surface area (Å²) in [4.78, 5) is 11.9. The molecule has 19 heavy (non-hydrogen) atoms. The highest BCUT2D eigenvalue weighted by molar-refractivity contribution is 5.71. The third-order valence-electron chi connectivity index (χ3n) is 4.30. The van der Waals surface area contributed by atoms with Gasteiger partial charge < -0.3 is 9.47 Å². The summed E-state index contributed by atoms with van der Waals surface area (Å²) in [5.74, 6) is 0.512. The van der Waals surface area contributed by atoms with E-state index in [1.54, 1.807) is 0 Å². The van der Waals surface area contributed by atoms with Gasteiger partial charge in [-0.3, -0.25) is 4.79 Å². The summed E-state index contributed by atoms with van der Waals surface area (Å²) in [6.07, 6.45) is 6.34. The van der Waals surface area contributed by atoms with Gasteiger partial charge in [0.05, 0.1) is 24.7 Å². The summed E-state index contributed by atoms with van der Waals surface area (Å²) >= 11 is 0. The second kappa shape index (κ2) is 5.82. The zero-order valence-electron chi connectivity index (χ0n) is 12.8. The first kappa shape index (κ1) is 14.8. The Morgan fingerprint density at radius 3 is 2.68 bits per heavy atom. The monoisotopic (exact) mass is 268 g/mol. The zero-order chi connectivity index (χ0) is 14.0. The number of hydrogen-bond donors (Lipinski definition) is 0. The third kappa shape index (κ3) is 4.79. The van der Waals surface area contributed by atoms with Crippen LogP contribution in [0.15, 0.2) is 0 Å². The number of ether oxygens (including phenoxy) is 2. The lowest BCUT2D eigenvalue weighted by molar-refractivity contribution is -0.150. The van der Waals surface area contributed by atoms with Crippen molar-refractivity contribution in [1.29, 1.82) is 0 Å². The van der Waals surface area contributed by atoms with Crippen molar-refractivity contribution in [2.24, 2.45) is 17.3 Å². The first-order valence-electron chi connectivity index (χ1n) is 7.67. The average Bonchev–Trinajstić information content (AvgIpc) is 3.10. The van der Waals surface area contributed by atoms with Crippen molar-refractivity contribution in [1.82, 2.24) is 0 Å². The quantitative estimate of drug-likeness (QED) is 0.565. The molecule has 4 unspecified atom stereocenters. The Labute approximate surface area is 117 Å². The van der Waals surface area contributed by atoms with E-state index in [9.17, 15) is 4.79 Å². The van der Waals surface area contributed by atoms with Crippen LogP contribution in [0, 0.1) is 17.3 Å². The minimum Gasteiger partial charge on any atom is -0.465 e. The Morgan fingerprint density at radius 1 is 1.32 bits per heavy atom. The van der Waals surface area contributed by atoms with Crippen LogP contribution in [0.3, 0.4) is 0 Å². The second-order valence-corrected chi connectivity index (χ2v) is 7.52. The van der Waals surface area contributed by atoms with Gasteiger partial charge in [-0.25, -0.2) is 0 Å². The molecule has 4 atom stereocenters. The van der Waals surface area contributed by atoms with Crippen LogP contribution in [-0.2, 0) is 14.3 Å². The Hall–Kier alpha value is -0.570. The van der Waals surface area contributed by atoms with Gasteiger partial charge in [0.1, 0.15) is 0 Å². The molecule has 1 heterocycles. The predicted octanol–water partition coefficient (Wildman–Crippen LogP) is 3.56. The summed E-state index contributed by atoms with van der Waals surface area (Å²) in [6, 6.07) is 0. The number of fused-ring (bicyclic) bond motifs is 1. The maximum Gasteiger partial charge on any atom is 0.308 e. The van der Waals surface area contributed by atoms with Crippen molar-refractivity contribution in [2.75, 3.05) is 6.61 Å². The largest absolute Gasteiger partial charge is 0.465 e. The van der Waals surface area contributed by atoms with Gasteiger partial charge in [-0.15, -0.1) is 0 Å². The molecular formula is C16H28O3. The van der Waals surface area contributed by atoms with Crippen LogP contribution in [-0.4, -0.2) is 24.8 Å². The summed E-state index contributed by atoms with van der Waals surface area (Å²) in [6.45, 7) is 9.19. The molecule has 0 amide bonds. The normalized spacial score (nSPS) is 31.5. The van der Waals surface area contributed by atoms with Crippen molar-refractivity contribution in [3.63, 3.8) is 0 Å². The molecule has 0 radical (unpaired) electrons. The Kier molecular flexibility index (Phi) is 4.54. The van der Waals surface area contributed by atoms with Gasteiger partial charge in [0.25, 0.3) is 0 Å². The molecule has 3 nitrogen and oxygen atoms in total. The highest BCUT2D eigenvalue weighted by Crippen LogP contribution is 2.39. The fraction of sp³-hybridized carbons (Fsp3) is 0.938. The molecule has 1 aliphatic heterocycles. The standard InChI is InChI=1S/C16H28O3/c1-11(7-8-16(2,3)4)15(17)18-10-12-5-6-13-14(9-12)19-13/h11-14H,5-10H2,1-4H3. The lowest BCUT2D eigenvalue weighted by Gasteiger charge is -2.22. The first-order chi connectivity index (χ1) is 8.85. The second-order valence-electron chi connectivity index (χ2n) is 7.52. The molecule has 0 spiro atoms. The maximum atomic E-state index is 11.9. The average molecular weight is 268 g/mol. The molecule has 2 rings (SSSR count). The number of hydrogen-bond acceptors (Lipinski definition) is 3. The van der Waals surface area contributed by atoms with Gasteiger partial charge in [-0.2, -0.15) is 0 Å². The summed E-state index contributed by atoms with van der Waals surface area (Å²) < 4.78 is 11.0. The van der Waals surface area contributed by atoms with E-state index in [2.05, 4.69) is 20.8 Å². The lowest BCUT2D eigenvalue weighted by atomic mass is 9.87. The number of esters is 1. The molecule has 3 heteroatoms. The molecule has 110 valence electrons. The van der Waals surface area contributed by atoms with Crippen LogP contribution in [0.25, 0.3) is 0 Å². The van der Waals surface area contributed by atoms with Crippen molar-refractivity contribution < 1.29 is 14.3 Å². The third-order valence-corrected chi connectivity index (χ3v) is 4.30. The molecule has 1 aliphatic carbocycles. The van der Waals surface area contributed by atoms with Crippen LogP contribution in [0.2, 0.25) is 0 Å². The Balaban J connectivity index is 1.63. The van der Waals surface area contributed by atoms with E-state index in [1.807, 2.05) is 6.92 Å². The lowest BCUT2D eigenvalue weighted by Crippen LogP contribution is -2.23. The molecule has 0 N–H and O–H groups in total. The van der Waals surface area contributed by atoms with Gasteiger partial charge in [0.2, 0.25) is 0 Å². The molecular weight excluding hydrogens is 240 g/mol. The van der Waals surface area contributed by atoms with E-state index in [-0.39, 0.29) is 17.3 Å². The van der Waals surface area contributed by atoms with Crippen molar-refractivity contribution in [3.05, 3.63) is 0 Å². The molecule has 1 saturated heterocycles. The molecule has 0 aromatic rings. The highest BCUT2D eigenvalue weighted by atomic mass is 16.6. The first-order valence-corrected chi connectivity index (χ1v) is 7.67. The molecule has 2 aliphatic rings. The molecule has 1 saturated carbocycles. The molecule has 2 fully saturated rings. The number of carbonyl (C=O) groups is 1. The van der Waals surface area contributed by atoms with E-state index in [1.165, 1.54) is 0 Å². The van der Waals surface area contributed by atoms with E-state index < -0.39 is 0 Å². The van der Waals surface area contributed by atoms with Crippen molar-refractivity contribution in [2.45, 2.75) is 72.0 Å². The van der Waals surface area contributed by atoms with E-state index >= 15 is 0 Å². The van der Waals surface area contributed by atoms with Gasteiger partial charge in [0, 0.05) is 0 Å². The molecule has 0 aromatic carbocycles. The summed E-state index contributed by atoms with van der Waals surface area (Å²) in [5, 5.41) is 0. The zero-order valence-corrected chi connectivity index (χ0v) is 12.8. The minimum absolute atomic E-state index is 0.0211. The fourth-order valence-electron chi connectivity index (χ4n) is 2.75. The van der Waals surface area contributed by atoms with E-state index in [0.29, 0.717) is 24.7 Å². The van der Waals surface area contributed by atoms with Gasteiger partial charge >= 0.3 is 5.97 Å². The fourth-order valence-corrected chi connectivity index (χ4v) is 2.75. The van der Waals surface area contributed by atoms with Crippen molar-refractivity contribution >= 4 is 5.97 Å². The minimum atomic E-state index is -0.0249.